The van der Waals surface area contributed by atoms with Crippen molar-refractivity contribution in [2.45, 2.75) is 44.4 Å². The summed E-state index contributed by atoms with van der Waals surface area (Å²) in [5.74, 6) is 0.543. The molecule has 0 radical (unpaired) electrons. The van der Waals surface area contributed by atoms with Gasteiger partial charge in [-0.2, -0.15) is 0 Å². The standard InChI is InChI=1S/C11H18N2.C7H8O3S/c1-8-7-13(2)10-6-4-3-5-9(10)11(8)12;1-6-2-4-7(5-3-6)11(8,9)10/h8,12H,3-7H2,1-2H3;2-5H,1H3,(H,8,9,10). The van der Waals surface area contributed by atoms with Crippen molar-refractivity contribution in [3.8, 4) is 0 Å². The topological polar surface area (TPSA) is 86.2 Å². The predicted molar refractivity (Wildman–Crippen MR) is 94.0 cm³/mol. The van der Waals surface area contributed by atoms with Gasteiger partial charge >= 0.3 is 0 Å². The van der Waals surface area contributed by atoms with Gasteiger partial charge in [0.25, 0.3) is 0 Å². The number of fused-ring (bicyclic) bond motifs is 1. The maximum absolute atomic E-state index is 10.4. The van der Waals surface area contributed by atoms with E-state index in [1.54, 1.807) is 12.1 Å². The molecule has 1 aromatic rings. The SMILES string of the molecule is CC1C[N+](C)=C2CCCCC2=C1N.Cc1ccc(S(=O)(=O)[O-])cc1. The minimum atomic E-state index is -4.27. The highest BCUT2D eigenvalue weighted by molar-refractivity contribution is 7.85. The maximum atomic E-state index is 10.4. The van der Waals surface area contributed by atoms with Crippen LogP contribution in [-0.4, -0.2) is 36.9 Å². The normalized spacial score (nSPS) is 21.1. The molecule has 5 nitrogen and oxygen atoms in total. The zero-order valence-electron chi connectivity index (χ0n) is 14.6. The summed E-state index contributed by atoms with van der Waals surface area (Å²) in [5.41, 5.74) is 11.2. The summed E-state index contributed by atoms with van der Waals surface area (Å²) in [4.78, 5) is -0.178. The number of nitrogens with zero attached hydrogens (tertiary/aromatic N) is 1. The molecule has 132 valence electrons. The van der Waals surface area contributed by atoms with Crippen LogP contribution in [0.5, 0.6) is 0 Å². The molecule has 1 aliphatic heterocycles. The van der Waals surface area contributed by atoms with Crippen LogP contribution < -0.4 is 5.73 Å². The molecule has 2 aliphatic rings. The molecule has 0 amide bonds. The molecule has 1 saturated carbocycles. The summed E-state index contributed by atoms with van der Waals surface area (Å²) in [6.07, 6.45) is 5.10. The Balaban J connectivity index is 0.000000177. The molecule has 0 saturated heterocycles. The van der Waals surface area contributed by atoms with Gasteiger partial charge in [0.15, 0.2) is 12.3 Å². The highest BCUT2D eigenvalue weighted by Gasteiger charge is 2.30. The molecule has 2 N–H and O–H groups in total. The van der Waals surface area contributed by atoms with Crippen LogP contribution in [-0.2, 0) is 10.1 Å². The van der Waals surface area contributed by atoms with E-state index in [9.17, 15) is 13.0 Å². The minimum absolute atomic E-state index is 0.178. The van der Waals surface area contributed by atoms with Crippen molar-refractivity contribution in [3.05, 3.63) is 41.1 Å². The molecular weight excluding hydrogens is 324 g/mol. The third kappa shape index (κ3) is 4.45. The van der Waals surface area contributed by atoms with Crippen molar-refractivity contribution in [1.82, 2.24) is 0 Å². The Bertz CT molecular complexity index is 762. The molecule has 3 rings (SSSR count). The lowest BCUT2D eigenvalue weighted by atomic mass is 9.85. The van der Waals surface area contributed by atoms with Crippen molar-refractivity contribution >= 4 is 15.8 Å². The van der Waals surface area contributed by atoms with Crippen LogP contribution in [0.3, 0.4) is 0 Å². The van der Waals surface area contributed by atoms with Crippen LogP contribution in [0.15, 0.2) is 40.4 Å². The molecule has 1 unspecified atom stereocenters. The lowest BCUT2D eigenvalue weighted by Gasteiger charge is -2.25. The van der Waals surface area contributed by atoms with Gasteiger partial charge < -0.3 is 10.3 Å². The highest BCUT2D eigenvalue weighted by Crippen LogP contribution is 2.28. The molecule has 1 aromatic carbocycles. The Hall–Kier alpha value is -1.66. The van der Waals surface area contributed by atoms with Crippen LogP contribution in [0.25, 0.3) is 0 Å². The highest BCUT2D eigenvalue weighted by atomic mass is 32.2. The van der Waals surface area contributed by atoms with Crippen LogP contribution in [0.1, 0.15) is 38.2 Å². The first-order valence-corrected chi connectivity index (χ1v) is 9.69. The Labute approximate surface area is 144 Å². The Morgan fingerprint density at radius 2 is 1.75 bits per heavy atom. The van der Waals surface area contributed by atoms with E-state index in [0.717, 1.165) is 17.8 Å². The van der Waals surface area contributed by atoms with Gasteiger partial charge in [0.1, 0.15) is 17.2 Å². The molecule has 0 spiro atoms. The monoisotopic (exact) mass is 350 g/mol. The van der Waals surface area contributed by atoms with E-state index >= 15 is 0 Å². The quantitative estimate of drug-likeness (QED) is 0.622. The third-order valence-corrected chi connectivity index (χ3v) is 5.49. The largest absolute Gasteiger partial charge is 0.744 e. The van der Waals surface area contributed by atoms with E-state index in [4.69, 9.17) is 5.73 Å². The molecule has 1 heterocycles. The molecular formula is C18H26N2O3S. The summed E-state index contributed by atoms with van der Waals surface area (Å²) >= 11 is 0. The van der Waals surface area contributed by atoms with E-state index in [1.807, 2.05) is 6.92 Å². The van der Waals surface area contributed by atoms with Gasteiger partial charge in [-0.1, -0.05) is 24.6 Å². The number of allylic oxidation sites excluding steroid dienone is 1. The van der Waals surface area contributed by atoms with Gasteiger partial charge in [-0.15, -0.1) is 0 Å². The molecule has 6 heteroatoms. The Kier molecular flexibility index (Phi) is 5.83. The maximum Gasteiger partial charge on any atom is 0.180 e. The fourth-order valence-electron chi connectivity index (χ4n) is 3.24. The van der Waals surface area contributed by atoms with Gasteiger partial charge in [-0.3, -0.25) is 0 Å². The van der Waals surface area contributed by atoms with E-state index in [0.29, 0.717) is 5.92 Å². The van der Waals surface area contributed by atoms with E-state index in [-0.39, 0.29) is 4.90 Å². The van der Waals surface area contributed by atoms with Crippen molar-refractivity contribution in [2.24, 2.45) is 11.7 Å². The van der Waals surface area contributed by atoms with Crippen molar-refractivity contribution in [2.75, 3.05) is 13.6 Å². The fourth-order valence-corrected chi connectivity index (χ4v) is 3.71. The van der Waals surface area contributed by atoms with E-state index in [2.05, 4.69) is 18.5 Å². The molecule has 1 aliphatic carbocycles. The summed E-state index contributed by atoms with van der Waals surface area (Å²) in [6.45, 7) is 5.15. The second kappa shape index (κ2) is 7.49. The van der Waals surface area contributed by atoms with Crippen LogP contribution in [0, 0.1) is 12.8 Å². The number of hydrogen-bond acceptors (Lipinski definition) is 4. The number of benzene rings is 1. The van der Waals surface area contributed by atoms with Gasteiger partial charge in [0.2, 0.25) is 0 Å². The zero-order chi connectivity index (χ0) is 17.9. The van der Waals surface area contributed by atoms with Crippen LogP contribution in [0.4, 0.5) is 0 Å². The predicted octanol–water partition coefficient (Wildman–Crippen LogP) is 2.41. The Morgan fingerprint density at radius 3 is 2.33 bits per heavy atom. The van der Waals surface area contributed by atoms with Gasteiger partial charge in [0.05, 0.1) is 10.8 Å². The second-order valence-corrected chi connectivity index (χ2v) is 8.02. The first-order valence-electron chi connectivity index (χ1n) is 8.28. The van der Waals surface area contributed by atoms with E-state index in [1.165, 1.54) is 49.1 Å². The van der Waals surface area contributed by atoms with Crippen molar-refractivity contribution in [1.29, 1.82) is 0 Å². The molecule has 0 aromatic heterocycles. The number of nitrogens with two attached hydrogens (primary N) is 1. The zero-order valence-corrected chi connectivity index (χ0v) is 15.4. The van der Waals surface area contributed by atoms with Gasteiger partial charge in [-0.25, -0.2) is 13.0 Å². The van der Waals surface area contributed by atoms with E-state index < -0.39 is 10.1 Å². The van der Waals surface area contributed by atoms with Crippen LogP contribution in [0.2, 0.25) is 0 Å². The third-order valence-electron chi connectivity index (χ3n) is 4.64. The smallest absolute Gasteiger partial charge is 0.180 e. The summed E-state index contributed by atoms with van der Waals surface area (Å²) in [6, 6.07) is 5.78. The lowest BCUT2D eigenvalue weighted by molar-refractivity contribution is -0.505. The van der Waals surface area contributed by atoms with Crippen LogP contribution >= 0.6 is 0 Å². The minimum Gasteiger partial charge on any atom is -0.744 e. The summed E-state index contributed by atoms with van der Waals surface area (Å²) in [7, 11) is -2.07. The first-order chi connectivity index (χ1) is 11.2. The molecule has 0 bridgehead atoms. The van der Waals surface area contributed by atoms with Gasteiger partial charge in [-0.05, 0) is 38.3 Å². The second-order valence-electron chi connectivity index (χ2n) is 6.64. The number of hydrogen-bond donors (Lipinski definition) is 1. The molecule has 1 atom stereocenters. The molecule has 24 heavy (non-hydrogen) atoms. The molecule has 1 fully saturated rings. The lowest BCUT2D eigenvalue weighted by Crippen LogP contribution is -2.35. The number of rotatable bonds is 1. The summed E-state index contributed by atoms with van der Waals surface area (Å²) in [5, 5.41) is 0. The number of aryl methyl sites for hydroxylation is 1. The average Bonchev–Trinajstić information content (AvgIpc) is 2.53. The van der Waals surface area contributed by atoms with Crippen molar-refractivity contribution in [3.63, 3.8) is 0 Å². The van der Waals surface area contributed by atoms with Gasteiger partial charge in [0, 0.05) is 17.7 Å². The average molecular weight is 350 g/mol. The first kappa shape index (κ1) is 18.7. The fraction of sp³-hybridized carbons (Fsp3) is 0.500. The Morgan fingerprint density at radius 1 is 1.17 bits per heavy atom. The summed E-state index contributed by atoms with van der Waals surface area (Å²) < 4.78 is 33.6. The van der Waals surface area contributed by atoms with Crippen molar-refractivity contribution < 1.29 is 17.5 Å².